The molecule has 0 bridgehead atoms. The molecule has 0 aromatic heterocycles. The van der Waals surface area contributed by atoms with Crippen LogP contribution in [0.2, 0.25) is 0 Å². The first-order chi connectivity index (χ1) is 6.40. The summed E-state index contributed by atoms with van der Waals surface area (Å²) in [6, 6.07) is 0.735. The lowest BCUT2D eigenvalue weighted by Gasteiger charge is -2.41. The van der Waals surface area contributed by atoms with Crippen LogP contribution < -0.4 is 5.73 Å². The Morgan fingerprint density at radius 1 is 1.23 bits per heavy atom. The van der Waals surface area contributed by atoms with Crippen LogP contribution in [0.5, 0.6) is 0 Å². The Balaban J connectivity index is 1.69. The van der Waals surface area contributed by atoms with Crippen molar-refractivity contribution in [2.75, 3.05) is 32.8 Å². The van der Waals surface area contributed by atoms with Crippen molar-refractivity contribution >= 4 is 0 Å². The molecule has 3 nitrogen and oxygen atoms in total. The molecule has 0 aromatic carbocycles. The first kappa shape index (κ1) is 9.44. The summed E-state index contributed by atoms with van der Waals surface area (Å²) in [5, 5.41) is 0. The van der Waals surface area contributed by atoms with Gasteiger partial charge >= 0.3 is 0 Å². The highest BCUT2D eigenvalue weighted by Gasteiger charge is 2.29. The first-order valence-corrected chi connectivity index (χ1v) is 5.42. The molecule has 0 atom stereocenters. The van der Waals surface area contributed by atoms with Crippen molar-refractivity contribution < 1.29 is 4.74 Å². The van der Waals surface area contributed by atoms with Crippen LogP contribution in [-0.4, -0.2) is 43.8 Å². The van der Waals surface area contributed by atoms with Gasteiger partial charge in [-0.1, -0.05) is 0 Å². The minimum Gasteiger partial charge on any atom is -0.378 e. The number of nitrogens with zero attached hydrogens (tertiary/aromatic N) is 1. The zero-order valence-corrected chi connectivity index (χ0v) is 8.24. The quantitative estimate of drug-likeness (QED) is 0.692. The number of piperidine rings is 1. The van der Waals surface area contributed by atoms with Crippen LogP contribution in [0, 0.1) is 5.92 Å². The van der Waals surface area contributed by atoms with Gasteiger partial charge in [-0.25, -0.2) is 0 Å². The fraction of sp³-hybridized carbons (Fsp3) is 1.00. The van der Waals surface area contributed by atoms with Crippen LogP contribution in [0.1, 0.15) is 19.3 Å². The lowest BCUT2D eigenvalue weighted by molar-refractivity contribution is -0.0739. The van der Waals surface area contributed by atoms with Gasteiger partial charge < -0.3 is 10.5 Å². The molecule has 0 aliphatic carbocycles. The molecule has 0 radical (unpaired) electrons. The summed E-state index contributed by atoms with van der Waals surface area (Å²) >= 11 is 0. The van der Waals surface area contributed by atoms with Crippen molar-refractivity contribution in [1.82, 2.24) is 4.90 Å². The second-order valence-corrected chi connectivity index (χ2v) is 4.25. The van der Waals surface area contributed by atoms with Gasteiger partial charge in [0.25, 0.3) is 0 Å². The molecule has 2 aliphatic rings. The van der Waals surface area contributed by atoms with E-state index in [-0.39, 0.29) is 0 Å². The second kappa shape index (κ2) is 4.40. The summed E-state index contributed by atoms with van der Waals surface area (Å²) < 4.78 is 5.20. The number of hydrogen-bond acceptors (Lipinski definition) is 3. The van der Waals surface area contributed by atoms with Crippen LogP contribution in [-0.2, 0) is 4.74 Å². The van der Waals surface area contributed by atoms with Crippen molar-refractivity contribution in [2.24, 2.45) is 11.7 Å². The van der Waals surface area contributed by atoms with E-state index in [2.05, 4.69) is 4.90 Å². The van der Waals surface area contributed by atoms with Crippen molar-refractivity contribution in [1.29, 1.82) is 0 Å². The van der Waals surface area contributed by atoms with Crippen LogP contribution in [0.25, 0.3) is 0 Å². The normalized spacial score (nSPS) is 27.5. The van der Waals surface area contributed by atoms with Crippen molar-refractivity contribution in [3.05, 3.63) is 0 Å². The van der Waals surface area contributed by atoms with Crippen LogP contribution in [0.3, 0.4) is 0 Å². The highest BCUT2D eigenvalue weighted by atomic mass is 16.5. The first-order valence-electron chi connectivity index (χ1n) is 5.42. The summed E-state index contributed by atoms with van der Waals surface area (Å²) in [6.07, 6.45) is 3.90. The Bertz CT molecular complexity index is 151. The summed E-state index contributed by atoms with van der Waals surface area (Å²) in [5.41, 5.74) is 5.56. The molecule has 0 saturated carbocycles. The van der Waals surface area contributed by atoms with Crippen molar-refractivity contribution in [2.45, 2.75) is 25.3 Å². The summed E-state index contributed by atoms with van der Waals surface area (Å²) in [7, 11) is 0. The van der Waals surface area contributed by atoms with E-state index in [4.69, 9.17) is 10.5 Å². The molecule has 2 heterocycles. The van der Waals surface area contributed by atoms with E-state index in [0.29, 0.717) is 0 Å². The third kappa shape index (κ3) is 2.22. The molecule has 2 saturated heterocycles. The molecule has 2 aliphatic heterocycles. The lowest BCUT2D eigenvalue weighted by Crippen LogP contribution is -2.51. The highest BCUT2D eigenvalue weighted by Crippen LogP contribution is 2.23. The molecule has 2 N–H and O–H groups in total. The highest BCUT2D eigenvalue weighted by molar-refractivity contribution is 4.82. The third-order valence-electron chi connectivity index (χ3n) is 3.36. The van der Waals surface area contributed by atoms with Crippen molar-refractivity contribution in [3.63, 3.8) is 0 Å². The maximum Gasteiger partial charge on any atom is 0.0645 e. The Morgan fingerprint density at radius 2 is 1.92 bits per heavy atom. The fourth-order valence-electron chi connectivity index (χ4n) is 2.28. The summed E-state index contributed by atoms with van der Waals surface area (Å²) in [5.74, 6) is 0.891. The van der Waals surface area contributed by atoms with E-state index in [1.165, 1.54) is 32.4 Å². The van der Waals surface area contributed by atoms with Gasteiger partial charge in [-0.3, -0.25) is 4.90 Å². The molecule has 76 valence electrons. The molecular formula is C10H20N2O. The summed E-state index contributed by atoms with van der Waals surface area (Å²) in [6.45, 7) is 5.30. The predicted molar refractivity (Wildman–Crippen MR) is 52.6 cm³/mol. The maximum atomic E-state index is 5.56. The lowest BCUT2D eigenvalue weighted by atomic mass is 9.92. The minimum absolute atomic E-state index is 0.735. The van der Waals surface area contributed by atoms with Gasteiger partial charge in [-0.15, -0.1) is 0 Å². The SMILES string of the molecule is NCCC1CCN(C2COC2)CC1. The minimum atomic E-state index is 0.735. The average Bonchev–Trinajstić information content (AvgIpc) is 2.06. The van der Waals surface area contributed by atoms with E-state index in [1.807, 2.05) is 0 Å². The Hall–Kier alpha value is -0.120. The number of ether oxygens (including phenoxy) is 1. The van der Waals surface area contributed by atoms with Gasteiger partial charge in [0.1, 0.15) is 0 Å². The van der Waals surface area contributed by atoms with E-state index in [1.54, 1.807) is 0 Å². The maximum absolute atomic E-state index is 5.56. The smallest absolute Gasteiger partial charge is 0.0645 e. The average molecular weight is 184 g/mol. The molecule has 0 aromatic rings. The monoisotopic (exact) mass is 184 g/mol. The van der Waals surface area contributed by atoms with Crippen LogP contribution in [0.15, 0.2) is 0 Å². The molecule has 0 amide bonds. The van der Waals surface area contributed by atoms with Gasteiger partial charge in [0.15, 0.2) is 0 Å². The number of likely N-dealkylation sites (tertiary alicyclic amines) is 1. The van der Waals surface area contributed by atoms with Gasteiger partial charge in [-0.05, 0) is 44.8 Å². The van der Waals surface area contributed by atoms with Crippen LogP contribution in [0.4, 0.5) is 0 Å². The van der Waals surface area contributed by atoms with Gasteiger partial charge in [0.05, 0.1) is 19.3 Å². The third-order valence-corrected chi connectivity index (χ3v) is 3.36. The molecule has 2 fully saturated rings. The zero-order chi connectivity index (χ0) is 9.10. The number of rotatable bonds is 3. The Morgan fingerprint density at radius 3 is 2.38 bits per heavy atom. The van der Waals surface area contributed by atoms with Gasteiger partial charge in [0.2, 0.25) is 0 Å². The van der Waals surface area contributed by atoms with Crippen molar-refractivity contribution in [3.8, 4) is 0 Å². The number of hydrogen-bond donors (Lipinski definition) is 1. The largest absolute Gasteiger partial charge is 0.378 e. The molecule has 3 heteroatoms. The van der Waals surface area contributed by atoms with E-state index in [0.717, 1.165) is 31.7 Å². The van der Waals surface area contributed by atoms with E-state index in [9.17, 15) is 0 Å². The topological polar surface area (TPSA) is 38.5 Å². The van der Waals surface area contributed by atoms with E-state index >= 15 is 0 Å². The molecule has 0 spiro atoms. The zero-order valence-electron chi connectivity index (χ0n) is 8.24. The fourth-order valence-corrected chi connectivity index (χ4v) is 2.28. The number of nitrogens with two attached hydrogens (primary N) is 1. The van der Waals surface area contributed by atoms with Gasteiger partial charge in [-0.2, -0.15) is 0 Å². The summed E-state index contributed by atoms with van der Waals surface area (Å²) in [4.78, 5) is 2.58. The van der Waals surface area contributed by atoms with Gasteiger partial charge in [0, 0.05) is 0 Å². The Kier molecular flexibility index (Phi) is 3.19. The van der Waals surface area contributed by atoms with E-state index < -0.39 is 0 Å². The molecule has 0 unspecified atom stereocenters. The molecular weight excluding hydrogens is 164 g/mol. The standard InChI is InChI=1S/C10H20N2O/c11-4-1-9-2-5-12(6-3-9)10-7-13-8-10/h9-10H,1-8,11H2. The molecule has 13 heavy (non-hydrogen) atoms. The second-order valence-electron chi connectivity index (χ2n) is 4.25. The Labute approximate surface area is 80.2 Å². The molecule has 2 rings (SSSR count). The predicted octanol–water partition coefficient (Wildman–Crippen LogP) is 0.446. The van der Waals surface area contributed by atoms with Crippen LogP contribution >= 0.6 is 0 Å².